The minimum atomic E-state index is 0.0929. The number of benzene rings is 11. The summed E-state index contributed by atoms with van der Waals surface area (Å²) in [5.41, 5.74) is 11.6. The van der Waals surface area contributed by atoms with Crippen molar-refractivity contribution in [1.29, 1.82) is 26.3 Å². The molecule has 18 nitrogen and oxygen atoms in total. The molecule has 0 aliphatic carbocycles. The van der Waals surface area contributed by atoms with Crippen LogP contribution in [-0.2, 0) is 0 Å². The normalized spacial score (nSPS) is 10.6. The lowest BCUT2D eigenvalue weighted by Crippen LogP contribution is -2.04. The SMILES string of the molecule is [C-]#[N+]c1cc(C#N)c(-c2ccc3c(c2)c2cc(-c4c(C#N)cc([N+]#[C-])cc4[N+]#[C-])ccc2n3-c2ccncc2-c2cc(-n3c4ccc(-c5c(C#N)cc(C#N)cc5[N+]#[C-])cc4c4cc(-c5c([N+]#[C-])cc(C#N)cc5[N+]#[C-])ccc43)ccc2-c2nc(-c3ccccc3)nc(-c3ccccc3)n2)c([N+]#[C-])c1. The van der Waals surface area contributed by atoms with E-state index in [1.54, 1.807) is 12.4 Å². The number of nitriles is 5. The summed E-state index contributed by atoms with van der Waals surface area (Å²) in [6.45, 7) is 56.9. The molecule has 0 unspecified atom stereocenters. The van der Waals surface area contributed by atoms with Gasteiger partial charge in [-0.25, -0.2) is 48.9 Å². The van der Waals surface area contributed by atoms with Gasteiger partial charge < -0.3 is 9.13 Å². The Hall–Kier alpha value is -16.9. The maximum atomic E-state index is 10.6. The standard InChI is InChI=1S/C86H36N18/c1-92-60-34-58(46-90)81(73(40-60)97-6)54-19-26-77-67(37-54)68-38-55(82-59(47-91)35-61(93-2)41-74(82)98-7)20-27-78(68)104(77)79-28-29-99-48-69(79)64-42-62(22-23-63(64)86-101-84(51-14-10-8-11-15-51)100-85(102-86)52-16-12-9-13-17-52)103-75-24-18-53(80-57(45-89)30-49(43-87)31-70(80)94-3)36-65(75)66-39-56(21-25-76(66)103)83-71(95-4)32-50(44-88)33-72(83)96-5/h8-42,48H. The van der Waals surface area contributed by atoms with Gasteiger partial charge in [0.25, 0.3) is 0 Å². The zero-order valence-electron chi connectivity index (χ0n) is 53.8. The smallest absolute Gasteiger partial charge is 0.197 e. The highest BCUT2D eigenvalue weighted by molar-refractivity contribution is 6.15. The highest BCUT2D eigenvalue weighted by Crippen LogP contribution is 2.49. The number of hydrogen-bond donors (Lipinski definition) is 0. The summed E-state index contributed by atoms with van der Waals surface area (Å²) in [5.74, 6) is 1.08. The molecule has 470 valence electrons. The second kappa shape index (κ2) is 25.9. The molecule has 15 rings (SSSR count). The summed E-state index contributed by atoms with van der Waals surface area (Å²) in [4.78, 5) is 46.6. The van der Waals surface area contributed by atoms with Crippen molar-refractivity contribution in [3.05, 3.63) is 326 Å². The molecular formula is C86H36N18. The Labute approximate surface area is 593 Å². The van der Waals surface area contributed by atoms with Crippen LogP contribution in [0.1, 0.15) is 27.8 Å². The van der Waals surface area contributed by atoms with Crippen molar-refractivity contribution < 1.29 is 0 Å². The van der Waals surface area contributed by atoms with Crippen LogP contribution < -0.4 is 0 Å². The van der Waals surface area contributed by atoms with Crippen molar-refractivity contribution in [3.63, 3.8) is 0 Å². The van der Waals surface area contributed by atoms with Crippen molar-refractivity contribution in [3.8, 4) is 132 Å². The van der Waals surface area contributed by atoms with Crippen LogP contribution in [0.25, 0.3) is 179 Å². The Bertz CT molecular complexity index is 6390. The molecule has 4 aromatic heterocycles. The first-order valence-corrected chi connectivity index (χ1v) is 31.5. The zero-order valence-corrected chi connectivity index (χ0v) is 53.8. The molecule has 0 amide bonds. The molecule has 0 aliphatic rings. The van der Waals surface area contributed by atoms with E-state index in [2.05, 4.69) is 73.4 Å². The van der Waals surface area contributed by atoms with Gasteiger partial charge in [0.1, 0.15) is 0 Å². The van der Waals surface area contributed by atoms with Gasteiger partial charge >= 0.3 is 0 Å². The fourth-order valence-corrected chi connectivity index (χ4v) is 13.6. The van der Waals surface area contributed by atoms with Gasteiger partial charge in [0.05, 0.1) is 110 Å². The van der Waals surface area contributed by atoms with Gasteiger partial charge in [-0.05, 0) is 143 Å². The molecule has 11 aromatic carbocycles. The zero-order chi connectivity index (χ0) is 71.9. The third-order valence-electron chi connectivity index (χ3n) is 18.1. The van der Waals surface area contributed by atoms with Crippen molar-refractivity contribution in [2.75, 3.05) is 0 Å². The minimum absolute atomic E-state index is 0.0929. The second-order valence-corrected chi connectivity index (χ2v) is 23.7. The van der Waals surface area contributed by atoms with Crippen molar-refractivity contribution >= 4 is 83.4 Å². The van der Waals surface area contributed by atoms with E-state index in [4.69, 9.17) is 65.9 Å². The van der Waals surface area contributed by atoms with E-state index in [9.17, 15) is 26.3 Å². The molecule has 0 spiro atoms. The molecule has 18 heteroatoms. The number of pyridine rings is 1. The van der Waals surface area contributed by atoms with E-state index >= 15 is 0 Å². The maximum absolute atomic E-state index is 10.6. The topological polar surface area (TPSA) is 211 Å². The van der Waals surface area contributed by atoms with Crippen LogP contribution in [0.5, 0.6) is 0 Å². The molecule has 0 N–H and O–H groups in total. The van der Waals surface area contributed by atoms with Crippen LogP contribution >= 0.6 is 0 Å². The number of fused-ring (bicyclic) bond motifs is 6. The summed E-state index contributed by atoms with van der Waals surface area (Å²) >= 11 is 0. The van der Waals surface area contributed by atoms with Crippen LogP contribution in [-0.4, -0.2) is 29.1 Å². The summed E-state index contributed by atoms with van der Waals surface area (Å²) < 4.78 is 4.12. The van der Waals surface area contributed by atoms with Crippen molar-refractivity contribution in [2.24, 2.45) is 0 Å². The average Bonchev–Trinajstić information content (AvgIpc) is 1.57. The first-order chi connectivity index (χ1) is 51.0. The second-order valence-electron chi connectivity index (χ2n) is 23.7. The van der Waals surface area contributed by atoms with E-state index in [0.717, 1.165) is 11.1 Å². The predicted octanol–water partition coefficient (Wildman–Crippen LogP) is 22.0. The van der Waals surface area contributed by atoms with Gasteiger partial charge in [-0.1, -0.05) is 97.1 Å². The summed E-state index contributed by atoms with van der Waals surface area (Å²) in [5, 5.41) is 54.4. The van der Waals surface area contributed by atoms with Gasteiger partial charge in [0.2, 0.25) is 0 Å². The van der Waals surface area contributed by atoms with E-state index < -0.39 is 0 Å². The Morgan fingerprint density at radius 2 is 0.702 bits per heavy atom. The molecule has 0 bridgehead atoms. The van der Waals surface area contributed by atoms with E-state index in [1.807, 2.05) is 158 Å². The lowest BCUT2D eigenvalue weighted by atomic mass is 9.94. The van der Waals surface area contributed by atoms with Crippen LogP contribution in [0, 0.1) is 103 Å². The number of hydrogen-bond acceptors (Lipinski definition) is 9. The molecule has 104 heavy (non-hydrogen) atoms. The largest absolute Gasteiger partial charge is 0.309 e. The van der Waals surface area contributed by atoms with Gasteiger partial charge in [-0.15, -0.1) is 0 Å². The number of nitrogens with zero attached hydrogens (tertiary/aromatic N) is 18. The molecule has 0 radical (unpaired) electrons. The Morgan fingerprint density at radius 3 is 1.12 bits per heavy atom. The Morgan fingerprint density at radius 1 is 0.308 bits per heavy atom. The highest BCUT2D eigenvalue weighted by atomic mass is 15.0. The van der Waals surface area contributed by atoms with Gasteiger partial charge in [-0.2, -0.15) is 26.3 Å². The lowest BCUT2D eigenvalue weighted by molar-refractivity contribution is 1.07. The lowest BCUT2D eigenvalue weighted by Gasteiger charge is -2.19. The fourth-order valence-electron chi connectivity index (χ4n) is 13.6. The quantitative estimate of drug-likeness (QED) is 0.119. The number of rotatable bonds is 10. The highest BCUT2D eigenvalue weighted by Gasteiger charge is 2.27. The summed E-state index contributed by atoms with van der Waals surface area (Å²) in [7, 11) is 0. The molecule has 0 saturated carbocycles. The van der Waals surface area contributed by atoms with Gasteiger partial charge in [0, 0.05) is 101 Å². The monoisotopic (exact) mass is 1320 g/mol. The Balaban J connectivity index is 1.05. The minimum Gasteiger partial charge on any atom is -0.309 e. The predicted molar refractivity (Wildman–Crippen MR) is 397 cm³/mol. The van der Waals surface area contributed by atoms with Crippen LogP contribution in [0.4, 0.5) is 39.8 Å². The fraction of sp³-hybridized carbons (Fsp3) is 0. The van der Waals surface area contributed by atoms with Crippen molar-refractivity contribution in [2.45, 2.75) is 0 Å². The molecule has 0 fully saturated rings. The maximum Gasteiger partial charge on any atom is 0.197 e. The van der Waals surface area contributed by atoms with Gasteiger partial charge in [0.15, 0.2) is 57.3 Å². The van der Waals surface area contributed by atoms with Crippen molar-refractivity contribution in [1.82, 2.24) is 29.1 Å². The van der Waals surface area contributed by atoms with E-state index in [-0.39, 0.29) is 67.6 Å². The molecular weight excluding hydrogens is 1290 g/mol. The average molecular weight is 1320 g/mol. The number of aromatic nitrogens is 6. The van der Waals surface area contributed by atoms with Gasteiger partial charge in [-0.3, -0.25) is 4.98 Å². The summed E-state index contributed by atoms with van der Waals surface area (Å²) in [6, 6.07) is 71.7. The molecule has 0 aliphatic heterocycles. The third-order valence-corrected chi connectivity index (χ3v) is 18.1. The first kappa shape index (κ1) is 63.1. The third kappa shape index (κ3) is 10.5. The Kier molecular flexibility index (Phi) is 15.7. The first-order valence-electron chi connectivity index (χ1n) is 31.5. The molecule has 15 aromatic rings. The van der Waals surface area contributed by atoms with Crippen LogP contribution in [0.3, 0.4) is 0 Å². The van der Waals surface area contributed by atoms with E-state index in [0.29, 0.717) is 134 Å². The van der Waals surface area contributed by atoms with Crippen LogP contribution in [0.15, 0.2) is 219 Å². The van der Waals surface area contributed by atoms with E-state index in [1.165, 1.54) is 48.5 Å². The molecule has 4 heterocycles. The summed E-state index contributed by atoms with van der Waals surface area (Å²) in [6.07, 6.45) is 3.42. The van der Waals surface area contributed by atoms with Crippen LogP contribution in [0.2, 0.25) is 0 Å². The molecule has 0 atom stereocenters. The molecule has 0 saturated heterocycles.